The molecule has 0 saturated heterocycles. The van der Waals surface area contributed by atoms with Gasteiger partial charge in [-0.3, -0.25) is 19.0 Å². The minimum atomic E-state index is -0.633. The van der Waals surface area contributed by atoms with Gasteiger partial charge in [0.15, 0.2) is 0 Å². The Labute approximate surface area is 193 Å². The lowest BCUT2D eigenvalue weighted by atomic mass is 9.91. The molecular weight excluding hydrogens is 418 g/mol. The fraction of sp³-hybridized carbons (Fsp3) is 0.458. The van der Waals surface area contributed by atoms with Crippen molar-refractivity contribution in [3.05, 3.63) is 48.0 Å². The van der Waals surface area contributed by atoms with Gasteiger partial charge < -0.3 is 10.6 Å². The minimum Gasteiger partial charge on any atom is -0.339 e. The second-order valence-electron chi connectivity index (χ2n) is 8.76. The molecule has 9 heteroatoms. The average Bonchev–Trinajstić information content (AvgIpc) is 3.26. The van der Waals surface area contributed by atoms with Crippen LogP contribution in [0.3, 0.4) is 0 Å². The van der Waals surface area contributed by atoms with Crippen LogP contribution in [-0.2, 0) is 18.9 Å². The second kappa shape index (κ2) is 9.97. The fourth-order valence-corrected chi connectivity index (χ4v) is 4.63. The topological polar surface area (TPSA) is 107 Å². The summed E-state index contributed by atoms with van der Waals surface area (Å²) in [5.41, 5.74) is 3.40. The van der Waals surface area contributed by atoms with Gasteiger partial charge in [-0.2, -0.15) is 10.2 Å². The predicted molar refractivity (Wildman–Crippen MR) is 125 cm³/mol. The molecule has 0 aromatic carbocycles. The Bertz CT molecular complexity index is 1090. The second-order valence-corrected chi connectivity index (χ2v) is 8.76. The van der Waals surface area contributed by atoms with Crippen molar-refractivity contribution < 1.29 is 9.59 Å². The first-order valence-electron chi connectivity index (χ1n) is 11.5. The molecule has 3 heterocycles. The number of nitrogens with zero attached hydrogens (tertiary/aromatic N) is 5. The van der Waals surface area contributed by atoms with E-state index in [1.165, 1.54) is 4.68 Å². The molecule has 1 saturated carbocycles. The largest absolute Gasteiger partial charge is 0.339 e. The maximum absolute atomic E-state index is 13.3. The quantitative estimate of drug-likeness (QED) is 0.562. The van der Waals surface area contributed by atoms with Gasteiger partial charge in [0.05, 0.1) is 11.9 Å². The van der Waals surface area contributed by atoms with Crippen LogP contribution in [0.2, 0.25) is 0 Å². The zero-order valence-corrected chi connectivity index (χ0v) is 19.4. The molecule has 9 nitrogen and oxygen atoms in total. The third kappa shape index (κ3) is 5.13. The Balaban J connectivity index is 1.52. The van der Waals surface area contributed by atoms with Gasteiger partial charge in [-0.15, -0.1) is 0 Å². The van der Waals surface area contributed by atoms with E-state index < -0.39 is 6.04 Å². The van der Waals surface area contributed by atoms with E-state index in [-0.39, 0.29) is 17.7 Å². The minimum absolute atomic E-state index is 0.0843. The molecule has 1 atom stereocenters. The smallest absolute Gasteiger partial charge is 0.270 e. The highest BCUT2D eigenvalue weighted by Crippen LogP contribution is 2.27. The van der Waals surface area contributed by atoms with Crippen LogP contribution >= 0.6 is 0 Å². The van der Waals surface area contributed by atoms with E-state index >= 15 is 0 Å². The number of rotatable bonds is 6. The lowest BCUT2D eigenvalue weighted by molar-refractivity contribution is -0.119. The number of anilines is 1. The van der Waals surface area contributed by atoms with Gasteiger partial charge in [-0.25, -0.2) is 4.98 Å². The molecule has 174 valence electrons. The van der Waals surface area contributed by atoms with E-state index in [0.29, 0.717) is 11.5 Å². The van der Waals surface area contributed by atoms with E-state index in [1.54, 1.807) is 36.3 Å². The van der Waals surface area contributed by atoms with Crippen molar-refractivity contribution in [3.8, 4) is 11.3 Å². The van der Waals surface area contributed by atoms with Crippen molar-refractivity contribution in [2.75, 3.05) is 5.32 Å². The van der Waals surface area contributed by atoms with E-state index in [1.807, 2.05) is 26.2 Å². The van der Waals surface area contributed by atoms with Crippen molar-refractivity contribution in [2.45, 2.75) is 51.5 Å². The lowest BCUT2D eigenvalue weighted by Gasteiger charge is -2.26. The Morgan fingerprint density at radius 1 is 1.00 bits per heavy atom. The highest BCUT2D eigenvalue weighted by atomic mass is 16.2. The first-order valence-corrected chi connectivity index (χ1v) is 11.5. The molecule has 0 spiro atoms. The molecule has 3 aromatic heterocycles. The molecule has 0 unspecified atom stereocenters. The Morgan fingerprint density at radius 3 is 2.33 bits per heavy atom. The highest BCUT2D eigenvalue weighted by Gasteiger charge is 2.31. The summed E-state index contributed by atoms with van der Waals surface area (Å²) in [4.78, 5) is 30.7. The monoisotopic (exact) mass is 449 g/mol. The van der Waals surface area contributed by atoms with Crippen LogP contribution in [0.25, 0.3) is 11.3 Å². The molecule has 0 bridgehead atoms. The Morgan fingerprint density at radius 2 is 1.76 bits per heavy atom. The summed E-state index contributed by atoms with van der Waals surface area (Å²) in [6.45, 7) is 2.00. The molecular formula is C24H31N7O2. The summed E-state index contributed by atoms with van der Waals surface area (Å²) in [7, 11) is 3.60. The summed E-state index contributed by atoms with van der Waals surface area (Å²) >= 11 is 0. The van der Waals surface area contributed by atoms with Crippen LogP contribution in [0, 0.1) is 12.8 Å². The fourth-order valence-electron chi connectivity index (χ4n) is 4.63. The molecule has 0 aliphatic heterocycles. The maximum atomic E-state index is 13.3. The van der Waals surface area contributed by atoms with E-state index in [2.05, 4.69) is 25.8 Å². The van der Waals surface area contributed by atoms with Crippen LogP contribution in [-0.4, -0.2) is 42.4 Å². The number of hydrogen-bond acceptors (Lipinski definition) is 5. The molecule has 2 amide bonds. The predicted octanol–water partition coefficient (Wildman–Crippen LogP) is 3.23. The number of nitrogens with one attached hydrogen (secondary N) is 2. The molecule has 3 aromatic rings. The van der Waals surface area contributed by atoms with E-state index in [0.717, 1.165) is 55.3 Å². The van der Waals surface area contributed by atoms with Crippen molar-refractivity contribution in [1.82, 2.24) is 29.9 Å². The number of amides is 2. The molecule has 4 rings (SSSR count). The third-order valence-corrected chi connectivity index (χ3v) is 6.40. The van der Waals surface area contributed by atoms with Crippen LogP contribution in [0.15, 0.2) is 36.8 Å². The van der Waals surface area contributed by atoms with Gasteiger partial charge in [0.1, 0.15) is 17.6 Å². The Hall–Kier alpha value is -3.49. The van der Waals surface area contributed by atoms with Crippen molar-refractivity contribution in [2.24, 2.45) is 20.0 Å². The van der Waals surface area contributed by atoms with E-state index in [9.17, 15) is 9.59 Å². The summed E-state index contributed by atoms with van der Waals surface area (Å²) in [6, 6.07) is 4.72. The van der Waals surface area contributed by atoms with Gasteiger partial charge in [0, 0.05) is 32.1 Å². The van der Waals surface area contributed by atoms with Gasteiger partial charge in [-0.05, 0) is 49.4 Å². The van der Waals surface area contributed by atoms with Gasteiger partial charge in [-0.1, -0.05) is 25.7 Å². The van der Waals surface area contributed by atoms with Crippen LogP contribution in [0.1, 0.15) is 54.6 Å². The normalized spacial score (nSPS) is 15.6. The van der Waals surface area contributed by atoms with Gasteiger partial charge in [0.25, 0.3) is 5.91 Å². The number of aryl methyl sites for hydroxylation is 3. The van der Waals surface area contributed by atoms with Crippen LogP contribution < -0.4 is 10.6 Å². The highest BCUT2D eigenvalue weighted by molar-refractivity contribution is 6.00. The number of aromatic nitrogens is 5. The molecule has 1 aliphatic rings. The molecule has 33 heavy (non-hydrogen) atoms. The first-order chi connectivity index (χ1) is 15.9. The number of carbonyl (C=O) groups excluding carboxylic acids is 2. The zero-order valence-electron chi connectivity index (χ0n) is 19.4. The zero-order chi connectivity index (χ0) is 23.4. The maximum Gasteiger partial charge on any atom is 0.270 e. The number of carbonyl (C=O) groups is 2. The van der Waals surface area contributed by atoms with Gasteiger partial charge >= 0.3 is 0 Å². The average molecular weight is 450 g/mol. The number of hydrogen-bond donors (Lipinski definition) is 2. The summed E-state index contributed by atoms with van der Waals surface area (Å²) in [5.74, 6) is 0.00166. The molecule has 1 aliphatic carbocycles. The Kier molecular flexibility index (Phi) is 6.86. The summed E-state index contributed by atoms with van der Waals surface area (Å²) in [5, 5.41) is 14.2. The van der Waals surface area contributed by atoms with Gasteiger partial charge in [0.2, 0.25) is 5.91 Å². The number of pyridine rings is 1. The third-order valence-electron chi connectivity index (χ3n) is 6.40. The first kappa shape index (κ1) is 22.7. The van der Waals surface area contributed by atoms with Crippen LogP contribution in [0.5, 0.6) is 0 Å². The molecule has 2 N–H and O–H groups in total. The lowest BCUT2D eigenvalue weighted by Crippen LogP contribution is -2.49. The summed E-state index contributed by atoms with van der Waals surface area (Å²) in [6.07, 6.45) is 11.4. The van der Waals surface area contributed by atoms with Crippen molar-refractivity contribution >= 4 is 17.6 Å². The van der Waals surface area contributed by atoms with Crippen molar-refractivity contribution in [1.29, 1.82) is 0 Å². The molecule has 0 radical (unpaired) electrons. The summed E-state index contributed by atoms with van der Waals surface area (Å²) < 4.78 is 3.32. The SMILES string of the molecule is Cc1cnn(C)c1-c1ccc(NC(=O)[C@@H](NC(=O)c2ccnn2C)C2CCCCCC2)nc1. The molecule has 1 fully saturated rings. The van der Waals surface area contributed by atoms with E-state index in [4.69, 9.17) is 0 Å². The standard InChI is InChI=1S/C24H31N7O2/c1-16-14-27-31(3)22(16)18-10-11-20(25-15-18)28-24(33)21(17-8-6-4-5-7-9-17)29-23(32)19-12-13-26-30(19)2/h10-15,17,21H,4-9H2,1-3H3,(H,29,32)(H,25,28,33)/t21-/m0/s1. The van der Waals surface area contributed by atoms with Crippen molar-refractivity contribution in [3.63, 3.8) is 0 Å². The van der Waals surface area contributed by atoms with Crippen LogP contribution in [0.4, 0.5) is 5.82 Å².